The van der Waals surface area contributed by atoms with Crippen LogP contribution in [0.25, 0.3) is 0 Å². The van der Waals surface area contributed by atoms with Gasteiger partial charge in [0, 0.05) is 19.3 Å². The fraction of sp³-hybridized carbons (Fsp3) is 0.615. The maximum atomic E-state index is 12.2. The molecule has 6 nitrogen and oxygen atoms in total. The van der Waals surface area contributed by atoms with Crippen LogP contribution in [0.15, 0.2) is 12.4 Å². The first-order valence-corrected chi connectivity index (χ1v) is 6.35. The Kier molecular flexibility index (Phi) is 3.82. The Balaban J connectivity index is 2.04. The van der Waals surface area contributed by atoms with E-state index in [4.69, 9.17) is 0 Å². The molecule has 1 aromatic rings. The van der Waals surface area contributed by atoms with Gasteiger partial charge in [0.15, 0.2) is 0 Å². The Morgan fingerprint density at radius 1 is 1.47 bits per heavy atom. The number of aliphatic hydroxyl groups is 1. The Morgan fingerprint density at radius 3 is 2.79 bits per heavy atom. The third-order valence-corrected chi connectivity index (χ3v) is 3.23. The van der Waals surface area contributed by atoms with Gasteiger partial charge in [-0.25, -0.2) is 4.98 Å². The van der Waals surface area contributed by atoms with Gasteiger partial charge < -0.3 is 14.9 Å². The molecule has 1 fully saturated rings. The number of nitrogens with zero attached hydrogens (tertiary/aromatic N) is 4. The maximum Gasteiger partial charge on any atom is 0.274 e. The lowest BCUT2D eigenvalue weighted by Gasteiger charge is -2.26. The molecule has 1 atom stereocenters. The van der Waals surface area contributed by atoms with Crippen LogP contribution in [-0.2, 0) is 0 Å². The molecule has 0 saturated carbocycles. The summed E-state index contributed by atoms with van der Waals surface area (Å²) in [5.41, 5.74) is 0.291. The smallest absolute Gasteiger partial charge is 0.274 e. The van der Waals surface area contributed by atoms with E-state index >= 15 is 0 Å². The van der Waals surface area contributed by atoms with E-state index < -0.39 is 5.60 Å². The molecular formula is C13H20N4O2. The first-order valence-electron chi connectivity index (χ1n) is 6.35. The minimum Gasteiger partial charge on any atom is -0.387 e. The van der Waals surface area contributed by atoms with Crippen molar-refractivity contribution in [2.45, 2.75) is 18.9 Å². The van der Waals surface area contributed by atoms with Crippen molar-refractivity contribution in [3.63, 3.8) is 0 Å². The fourth-order valence-electron chi connectivity index (χ4n) is 2.41. The highest BCUT2D eigenvalue weighted by Gasteiger charge is 2.39. The van der Waals surface area contributed by atoms with Gasteiger partial charge in [-0.3, -0.25) is 9.78 Å². The molecule has 1 saturated heterocycles. The molecule has 2 heterocycles. The number of β-amino-alcohol motifs (C(OH)–C–C–N with tert-alkyl or cyclic N) is 1. The van der Waals surface area contributed by atoms with Crippen molar-refractivity contribution in [1.29, 1.82) is 0 Å². The van der Waals surface area contributed by atoms with Crippen molar-refractivity contribution in [1.82, 2.24) is 19.8 Å². The number of hydrogen-bond donors (Lipinski definition) is 1. The van der Waals surface area contributed by atoms with Gasteiger partial charge in [-0.05, 0) is 27.4 Å². The van der Waals surface area contributed by atoms with E-state index in [9.17, 15) is 9.90 Å². The SMILES string of the molecule is Cc1cnc(C(=O)N2CC[C@](O)(CN(C)C)C2)cn1. The third kappa shape index (κ3) is 3.27. The van der Waals surface area contributed by atoms with Gasteiger partial charge in [-0.1, -0.05) is 0 Å². The monoisotopic (exact) mass is 264 g/mol. The van der Waals surface area contributed by atoms with Crippen molar-refractivity contribution in [2.75, 3.05) is 33.7 Å². The second-order valence-electron chi connectivity index (χ2n) is 5.48. The summed E-state index contributed by atoms with van der Waals surface area (Å²) in [6.07, 6.45) is 3.66. The summed E-state index contributed by atoms with van der Waals surface area (Å²) in [6, 6.07) is 0. The fourth-order valence-corrected chi connectivity index (χ4v) is 2.41. The Hall–Kier alpha value is -1.53. The van der Waals surface area contributed by atoms with Crippen LogP contribution in [0.5, 0.6) is 0 Å². The van der Waals surface area contributed by atoms with Crippen molar-refractivity contribution in [2.24, 2.45) is 0 Å². The molecule has 0 unspecified atom stereocenters. The maximum absolute atomic E-state index is 12.2. The van der Waals surface area contributed by atoms with E-state index in [0.717, 1.165) is 5.69 Å². The molecule has 0 aromatic carbocycles. The molecule has 2 rings (SSSR count). The highest BCUT2D eigenvalue weighted by molar-refractivity contribution is 5.92. The lowest BCUT2D eigenvalue weighted by atomic mass is 10.0. The first kappa shape index (κ1) is 13.9. The molecule has 1 N–H and O–H groups in total. The van der Waals surface area contributed by atoms with Gasteiger partial charge in [0.2, 0.25) is 0 Å². The molecule has 0 radical (unpaired) electrons. The average Bonchev–Trinajstić information content (AvgIpc) is 2.70. The summed E-state index contributed by atoms with van der Waals surface area (Å²) in [6.45, 7) is 3.28. The number of likely N-dealkylation sites (N-methyl/N-ethyl adjacent to an activating group) is 1. The summed E-state index contributed by atoms with van der Waals surface area (Å²) in [7, 11) is 3.82. The highest BCUT2D eigenvalue weighted by atomic mass is 16.3. The average molecular weight is 264 g/mol. The second-order valence-corrected chi connectivity index (χ2v) is 5.48. The normalized spacial score (nSPS) is 23.1. The molecule has 0 spiro atoms. The molecule has 0 bridgehead atoms. The van der Waals surface area contributed by atoms with Crippen LogP contribution in [-0.4, -0.2) is 70.1 Å². The molecular weight excluding hydrogens is 244 g/mol. The largest absolute Gasteiger partial charge is 0.387 e. The molecule has 1 aliphatic heterocycles. The topological polar surface area (TPSA) is 69.6 Å². The van der Waals surface area contributed by atoms with Crippen molar-refractivity contribution in [3.05, 3.63) is 23.8 Å². The number of rotatable bonds is 3. The van der Waals surface area contributed by atoms with Crippen LogP contribution in [0.3, 0.4) is 0 Å². The summed E-state index contributed by atoms with van der Waals surface area (Å²) in [5, 5.41) is 10.4. The minimum absolute atomic E-state index is 0.165. The number of hydrogen-bond acceptors (Lipinski definition) is 5. The third-order valence-electron chi connectivity index (χ3n) is 3.23. The summed E-state index contributed by atoms with van der Waals surface area (Å²) < 4.78 is 0. The highest BCUT2D eigenvalue weighted by Crippen LogP contribution is 2.23. The van der Waals surface area contributed by atoms with Crippen molar-refractivity contribution in [3.8, 4) is 0 Å². The Morgan fingerprint density at radius 2 is 2.21 bits per heavy atom. The lowest BCUT2D eigenvalue weighted by molar-refractivity contribution is 0.0235. The van der Waals surface area contributed by atoms with Gasteiger partial charge in [0.1, 0.15) is 5.69 Å². The number of likely N-dealkylation sites (tertiary alicyclic amines) is 1. The standard InChI is InChI=1S/C13H20N4O2/c1-10-6-15-11(7-14-10)12(18)17-5-4-13(19,9-17)8-16(2)3/h6-7,19H,4-5,8-9H2,1-3H3/t13-/m0/s1. The van der Waals surface area contributed by atoms with Gasteiger partial charge in [-0.15, -0.1) is 0 Å². The molecule has 19 heavy (non-hydrogen) atoms. The van der Waals surface area contributed by atoms with Gasteiger partial charge >= 0.3 is 0 Å². The van der Waals surface area contributed by atoms with E-state index in [1.807, 2.05) is 25.9 Å². The second kappa shape index (κ2) is 5.22. The van der Waals surface area contributed by atoms with E-state index in [1.165, 1.54) is 6.20 Å². The van der Waals surface area contributed by atoms with Crippen molar-refractivity contribution < 1.29 is 9.90 Å². The van der Waals surface area contributed by atoms with Crippen LogP contribution < -0.4 is 0 Å². The molecule has 1 amide bonds. The van der Waals surface area contributed by atoms with Gasteiger partial charge in [0.25, 0.3) is 5.91 Å². The molecule has 6 heteroatoms. The number of amides is 1. The zero-order valence-electron chi connectivity index (χ0n) is 11.6. The lowest BCUT2D eigenvalue weighted by Crippen LogP contribution is -2.43. The number of aryl methyl sites for hydroxylation is 1. The van der Waals surface area contributed by atoms with Crippen LogP contribution in [0.2, 0.25) is 0 Å². The van der Waals surface area contributed by atoms with E-state index in [-0.39, 0.29) is 5.91 Å². The molecule has 1 aromatic heterocycles. The van der Waals surface area contributed by atoms with Crippen LogP contribution >= 0.6 is 0 Å². The Labute approximate surface area is 113 Å². The van der Waals surface area contributed by atoms with Crippen LogP contribution in [0.1, 0.15) is 22.6 Å². The predicted octanol–water partition coefficient (Wildman–Crippen LogP) is -0.0764. The predicted molar refractivity (Wildman–Crippen MR) is 70.8 cm³/mol. The number of carbonyl (C=O) groups excluding carboxylic acids is 1. The zero-order chi connectivity index (χ0) is 14.0. The number of aromatic nitrogens is 2. The first-order chi connectivity index (χ1) is 8.89. The Bertz CT molecular complexity index is 460. The van der Waals surface area contributed by atoms with Gasteiger partial charge in [-0.2, -0.15) is 0 Å². The van der Waals surface area contributed by atoms with Crippen LogP contribution in [0.4, 0.5) is 0 Å². The van der Waals surface area contributed by atoms with E-state index in [2.05, 4.69) is 9.97 Å². The molecule has 104 valence electrons. The number of carbonyl (C=O) groups is 1. The summed E-state index contributed by atoms with van der Waals surface area (Å²) >= 11 is 0. The van der Waals surface area contributed by atoms with E-state index in [1.54, 1.807) is 11.1 Å². The van der Waals surface area contributed by atoms with Gasteiger partial charge in [0.05, 0.1) is 24.0 Å². The van der Waals surface area contributed by atoms with Crippen molar-refractivity contribution >= 4 is 5.91 Å². The molecule has 0 aliphatic carbocycles. The summed E-state index contributed by atoms with van der Waals surface area (Å²) in [5.74, 6) is -0.165. The zero-order valence-corrected chi connectivity index (χ0v) is 11.6. The molecule has 1 aliphatic rings. The summed E-state index contributed by atoms with van der Waals surface area (Å²) in [4.78, 5) is 24.0. The minimum atomic E-state index is -0.822. The van der Waals surface area contributed by atoms with E-state index in [0.29, 0.717) is 31.7 Å². The van der Waals surface area contributed by atoms with Crippen LogP contribution in [0, 0.1) is 6.92 Å². The quantitative estimate of drug-likeness (QED) is 0.827.